The van der Waals surface area contributed by atoms with Crippen molar-refractivity contribution in [3.8, 4) is 11.5 Å². The lowest BCUT2D eigenvalue weighted by atomic mass is 9.79. The minimum Gasteiger partial charge on any atom is -0.493 e. The summed E-state index contributed by atoms with van der Waals surface area (Å²) in [4.78, 5) is 22.8. The highest BCUT2D eigenvalue weighted by Crippen LogP contribution is 2.42. The molecule has 2 aromatic rings. The maximum atomic E-state index is 13.2. The molecule has 4 rings (SSSR count). The largest absolute Gasteiger partial charge is 0.493 e. The molecule has 196 valence electrons. The van der Waals surface area contributed by atoms with Crippen molar-refractivity contribution in [1.82, 2.24) is 9.80 Å². The number of halogens is 1. The summed E-state index contributed by atoms with van der Waals surface area (Å²) in [5.74, 6) is 1.89. The molecule has 2 atom stereocenters. The average molecular weight is 514 g/mol. The van der Waals surface area contributed by atoms with Crippen LogP contribution in [0.1, 0.15) is 74.0 Å². The quantitative estimate of drug-likeness (QED) is 0.496. The number of likely N-dealkylation sites (N-methyl/N-ethyl adjacent to an activating group) is 1. The van der Waals surface area contributed by atoms with Gasteiger partial charge >= 0.3 is 0 Å². The summed E-state index contributed by atoms with van der Waals surface area (Å²) in [6.45, 7) is 12.8. The number of likely N-dealkylation sites (tertiary alicyclic amines) is 1. The SMILES string of the molecule is CCOc1cc2c(cc1OC)C1CN(C)CCC1N=C2c1ccc(C(=O)N(C(C)C)C(C)C)cc1.Cl. The second-order valence-corrected chi connectivity index (χ2v) is 10.2. The van der Waals surface area contributed by atoms with Crippen LogP contribution in [0.4, 0.5) is 0 Å². The van der Waals surface area contributed by atoms with Gasteiger partial charge in [-0.2, -0.15) is 0 Å². The van der Waals surface area contributed by atoms with Gasteiger partial charge in [0.25, 0.3) is 5.91 Å². The number of hydrogen-bond donors (Lipinski definition) is 0. The first kappa shape index (κ1) is 28.0. The lowest BCUT2D eigenvalue weighted by Crippen LogP contribution is -2.42. The zero-order valence-electron chi connectivity index (χ0n) is 22.6. The number of nitrogens with zero attached hydrogens (tertiary/aromatic N) is 3. The van der Waals surface area contributed by atoms with E-state index in [-0.39, 0.29) is 36.4 Å². The zero-order valence-corrected chi connectivity index (χ0v) is 23.4. The molecule has 0 bridgehead atoms. The first-order valence-corrected chi connectivity index (χ1v) is 12.8. The van der Waals surface area contributed by atoms with Gasteiger partial charge in [-0.3, -0.25) is 9.79 Å². The molecule has 2 unspecified atom stereocenters. The molecule has 0 N–H and O–H groups in total. The molecular formula is C29H40ClN3O3. The Labute approximate surface area is 222 Å². The molecule has 0 spiro atoms. The van der Waals surface area contributed by atoms with E-state index in [0.717, 1.165) is 47.8 Å². The van der Waals surface area contributed by atoms with Crippen LogP contribution >= 0.6 is 12.4 Å². The number of amides is 1. The monoisotopic (exact) mass is 513 g/mol. The maximum Gasteiger partial charge on any atom is 0.254 e. The highest BCUT2D eigenvalue weighted by molar-refractivity contribution is 6.15. The Morgan fingerprint density at radius 2 is 1.78 bits per heavy atom. The van der Waals surface area contributed by atoms with E-state index in [2.05, 4.69) is 51.8 Å². The minimum atomic E-state index is 0. The van der Waals surface area contributed by atoms with E-state index < -0.39 is 0 Å². The molecule has 2 aliphatic rings. The summed E-state index contributed by atoms with van der Waals surface area (Å²) in [7, 11) is 3.87. The van der Waals surface area contributed by atoms with Crippen molar-refractivity contribution in [2.75, 3.05) is 33.9 Å². The lowest BCUT2D eigenvalue weighted by molar-refractivity contribution is 0.0643. The first-order chi connectivity index (χ1) is 16.7. The molecule has 2 aromatic carbocycles. The zero-order chi connectivity index (χ0) is 25.3. The fourth-order valence-corrected chi connectivity index (χ4v) is 5.53. The number of benzene rings is 2. The van der Waals surface area contributed by atoms with Crippen molar-refractivity contribution in [3.05, 3.63) is 58.7 Å². The number of hydrogen-bond acceptors (Lipinski definition) is 5. The van der Waals surface area contributed by atoms with Crippen LogP contribution in [0, 0.1) is 0 Å². The molecule has 2 aliphatic heterocycles. The van der Waals surface area contributed by atoms with E-state index in [4.69, 9.17) is 14.5 Å². The summed E-state index contributed by atoms with van der Waals surface area (Å²) in [5, 5.41) is 0. The fraction of sp³-hybridized carbons (Fsp3) is 0.517. The number of carbonyl (C=O) groups excluding carboxylic acids is 1. The van der Waals surface area contributed by atoms with E-state index in [1.807, 2.05) is 36.1 Å². The van der Waals surface area contributed by atoms with Gasteiger partial charge in [0.1, 0.15) is 0 Å². The van der Waals surface area contributed by atoms with Crippen LogP contribution in [0.15, 0.2) is 41.4 Å². The standard InChI is InChI=1S/C29H39N3O3.ClH/c1-8-35-27-16-23-22(15-26(27)34-7)24-17-31(6)14-13-25(24)30-28(23)20-9-11-21(12-10-20)29(33)32(18(2)3)19(4)5;/h9-12,15-16,18-19,24-25H,8,13-14,17H2,1-7H3;1H. The van der Waals surface area contributed by atoms with E-state index in [1.54, 1.807) is 7.11 Å². The number of piperidine rings is 1. The van der Waals surface area contributed by atoms with Crippen molar-refractivity contribution in [2.24, 2.45) is 4.99 Å². The van der Waals surface area contributed by atoms with Crippen LogP contribution < -0.4 is 9.47 Å². The minimum absolute atomic E-state index is 0. The number of carbonyl (C=O) groups is 1. The average Bonchev–Trinajstić information content (AvgIpc) is 2.83. The highest BCUT2D eigenvalue weighted by atomic mass is 35.5. The Morgan fingerprint density at radius 1 is 1.11 bits per heavy atom. The summed E-state index contributed by atoms with van der Waals surface area (Å²) >= 11 is 0. The van der Waals surface area contributed by atoms with Gasteiger partial charge in [0.2, 0.25) is 0 Å². The molecule has 0 radical (unpaired) electrons. The van der Waals surface area contributed by atoms with Gasteiger partial charge < -0.3 is 19.3 Å². The van der Waals surface area contributed by atoms with Crippen LogP contribution in [0.5, 0.6) is 11.5 Å². The lowest BCUT2D eigenvalue weighted by Gasteiger charge is -2.39. The van der Waals surface area contributed by atoms with Crippen LogP contribution in [0.2, 0.25) is 0 Å². The number of ether oxygens (including phenoxy) is 2. The maximum absolute atomic E-state index is 13.2. The third kappa shape index (κ3) is 5.40. The van der Waals surface area contributed by atoms with Gasteiger partial charge in [-0.15, -0.1) is 12.4 Å². The predicted octanol–water partition coefficient (Wildman–Crippen LogP) is 5.41. The van der Waals surface area contributed by atoms with Crippen molar-refractivity contribution in [2.45, 2.75) is 65.1 Å². The van der Waals surface area contributed by atoms with Gasteiger partial charge in [0.15, 0.2) is 11.5 Å². The van der Waals surface area contributed by atoms with Gasteiger partial charge in [-0.25, -0.2) is 0 Å². The Bertz CT molecular complexity index is 1090. The summed E-state index contributed by atoms with van der Waals surface area (Å²) in [6.07, 6.45) is 1.02. The topological polar surface area (TPSA) is 54.4 Å². The Hall–Kier alpha value is -2.57. The van der Waals surface area contributed by atoms with Gasteiger partial charge in [0.05, 0.1) is 25.5 Å². The highest BCUT2D eigenvalue weighted by Gasteiger charge is 2.36. The normalized spacial score (nSPS) is 19.2. The number of methoxy groups -OCH3 is 1. The molecule has 2 heterocycles. The Morgan fingerprint density at radius 3 is 2.36 bits per heavy atom. The molecule has 1 saturated heterocycles. The molecule has 1 fully saturated rings. The fourth-order valence-electron chi connectivity index (χ4n) is 5.53. The Kier molecular flexibility index (Phi) is 9.07. The van der Waals surface area contributed by atoms with E-state index in [1.165, 1.54) is 5.56 Å². The van der Waals surface area contributed by atoms with Crippen molar-refractivity contribution in [3.63, 3.8) is 0 Å². The molecular weight excluding hydrogens is 474 g/mol. The van der Waals surface area contributed by atoms with E-state index >= 15 is 0 Å². The molecule has 0 aromatic heterocycles. The van der Waals surface area contributed by atoms with Gasteiger partial charge in [-0.1, -0.05) is 12.1 Å². The molecule has 7 heteroatoms. The number of rotatable bonds is 7. The molecule has 1 amide bonds. The van der Waals surface area contributed by atoms with Crippen molar-refractivity contribution >= 4 is 24.0 Å². The van der Waals surface area contributed by atoms with Gasteiger partial charge in [0, 0.05) is 41.2 Å². The first-order valence-electron chi connectivity index (χ1n) is 12.8. The van der Waals surface area contributed by atoms with Gasteiger partial charge in [-0.05, 0) is 84.5 Å². The number of aliphatic imine (C=N–C) groups is 1. The third-order valence-electron chi connectivity index (χ3n) is 7.12. The second kappa shape index (κ2) is 11.7. The van der Waals surface area contributed by atoms with Crippen molar-refractivity contribution < 1.29 is 14.3 Å². The van der Waals surface area contributed by atoms with Crippen LogP contribution in [0.25, 0.3) is 0 Å². The van der Waals surface area contributed by atoms with E-state index in [0.29, 0.717) is 18.1 Å². The molecule has 0 saturated carbocycles. The summed E-state index contributed by atoms with van der Waals surface area (Å²) in [6, 6.07) is 12.7. The smallest absolute Gasteiger partial charge is 0.254 e. The van der Waals surface area contributed by atoms with E-state index in [9.17, 15) is 4.79 Å². The molecule has 36 heavy (non-hydrogen) atoms. The van der Waals surface area contributed by atoms with Crippen LogP contribution in [0.3, 0.4) is 0 Å². The third-order valence-corrected chi connectivity index (χ3v) is 7.12. The summed E-state index contributed by atoms with van der Waals surface area (Å²) < 4.78 is 11.6. The predicted molar refractivity (Wildman–Crippen MR) is 149 cm³/mol. The number of fused-ring (bicyclic) bond motifs is 3. The second-order valence-electron chi connectivity index (χ2n) is 10.2. The van der Waals surface area contributed by atoms with Crippen LogP contribution in [-0.2, 0) is 0 Å². The van der Waals surface area contributed by atoms with Crippen LogP contribution in [-0.4, -0.2) is 73.4 Å². The molecule has 0 aliphatic carbocycles. The molecule has 6 nitrogen and oxygen atoms in total. The van der Waals surface area contributed by atoms with Crippen molar-refractivity contribution in [1.29, 1.82) is 0 Å². The summed E-state index contributed by atoms with van der Waals surface area (Å²) in [5.41, 5.74) is 5.05. The Balaban J connectivity index is 0.00000361.